The molecule has 1 saturated heterocycles. The first kappa shape index (κ1) is 18.2. The van der Waals surface area contributed by atoms with Gasteiger partial charge in [0.05, 0.1) is 12.2 Å². The fraction of sp³-hybridized carbons (Fsp3) is 0.684. The molecule has 1 heterocycles. The number of aliphatic hydroxyl groups is 1. The van der Waals surface area contributed by atoms with Crippen molar-refractivity contribution in [2.24, 2.45) is 0 Å². The van der Waals surface area contributed by atoms with Crippen LogP contribution >= 0.6 is 0 Å². The molecule has 1 aromatic rings. The normalized spacial score (nSPS) is 18.3. The van der Waals surface area contributed by atoms with Crippen LogP contribution in [0.4, 0.5) is 0 Å². The summed E-state index contributed by atoms with van der Waals surface area (Å²) >= 11 is 0. The van der Waals surface area contributed by atoms with Gasteiger partial charge in [-0.1, -0.05) is 19.1 Å². The van der Waals surface area contributed by atoms with Crippen molar-refractivity contribution in [3.8, 4) is 5.75 Å². The Balaban J connectivity index is 1.73. The van der Waals surface area contributed by atoms with Crippen LogP contribution < -0.4 is 10.1 Å². The van der Waals surface area contributed by atoms with E-state index in [-0.39, 0.29) is 6.10 Å². The Hall–Kier alpha value is -1.10. The molecule has 130 valence electrons. The standard InChI is InChI=1S/C19H32N2O2/c1-4-11-21-12-9-17(10-13-21)20-14-19(22)16-5-7-18(8-6-16)23-15(2)3/h5-8,15,17,19-20,22H,4,9-14H2,1-3H3. The first-order valence-electron chi connectivity index (χ1n) is 8.99. The second-order valence-corrected chi connectivity index (χ2v) is 6.78. The van der Waals surface area contributed by atoms with Crippen molar-refractivity contribution < 1.29 is 9.84 Å². The van der Waals surface area contributed by atoms with Gasteiger partial charge in [-0.25, -0.2) is 0 Å². The lowest BCUT2D eigenvalue weighted by Crippen LogP contribution is -2.43. The van der Waals surface area contributed by atoms with Gasteiger partial charge < -0.3 is 20.1 Å². The molecule has 0 spiro atoms. The van der Waals surface area contributed by atoms with E-state index >= 15 is 0 Å². The number of benzene rings is 1. The van der Waals surface area contributed by atoms with E-state index in [9.17, 15) is 5.11 Å². The van der Waals surface area contributed by atoms with Crippen LogP contribution in [0.25, 0.3) is 0 Å². The molecular formula is C19H32N2O2. The molecule has 1 aliphatic rings. The molecule has 0 aromatic heterocycles. The minimum Gasteiger partial charge on any atom is -0.491 e. The molecule has 1 aliphatic heterocycles. The summed E-state index contributed by atoms with van der Waals surface area (Å²) in [5.41, 5.74) is 0.942. The topological polar surface area (TPSA) is 44.7 Å². The zero-order valence-electron chi connectivity index (χ0n) is 14.8. The highest BCUT2D eigenvalue weighted by Gasteiger charge is 2.19. The van der Waals surface area contributed by atoms with Crippen LogP contribution in [0.2, 0.25) is 0 Å². The Bertz CT molecular complexity index is 439. The van der Waals surface area contributed by atoms with E-state index in [1.165, 1.54) is 38.9 Å². The zero-order chi connectivity index (χ0) is 16.7. The summed E-state index contributed by atoms with van der Waals surface area (Å²) in [7, 11) is 0. The highest BCUT2D eigenvalue weighted by Crippen LogP contribution is 2.19. The third-order valence-electron chi connectivity index (χ3n) is 4.36. The van der Waals surface area contributed by atoms with Crippen LogP contribution in [-0.2, 0) is 0 Å². The van der Waals surface area contributed by atoms with E-state index in [2.05, 4.69) is 17.1 Å². The molecule has 0 bridgehead atoms. The minimum absolute atomic E-state index is 0.172. The molecule has 4 nitrogen and oxygen atoms in total. The molecule has 0 aliphatic carbocycles. The first-order valence-corrected chi connectivity index (χ1v) is 8.99. The molecule has 1 unspecified atom stereocenters. The quantitative estimate of drug-likeness (QED) is 0.773. The van der Waals surface area contributed by atoms with E-state index in [0.717, 1.165) is 11.3 Å². The maximum Gasteiger partial charge on any atom is 0.119 e. The van der Waals surface area contributed by atoms with Crippen molar-refractivity contribution in [2.45, 2.75) is 58.3 Å². The zero-order valence-corrected chi connectivity index (χ0v) is 14.8. The third-order valence-corrected chi connectivity index (χ3v) is 4.36. The van der Waals surface area contributed by atoms with Crippen LogP contribution in [0.5, 0.6) is 5.75 Å². The van der Waals surface area contributed by atoms with Crippen LogP contribution in [0.1, 0.15) is 51.7 Å². The molecule has 0 radical (unpaired) electrons. The molecule has 0 saturated carbocycles. The summed E-state index contributed by atoms with van der Waals surface area (Å²) in [4.78, 5) is 2.53. The monoisotopic (exact) mass is 320 g/mol. The van der Waals surface area contributed by atoms with Crippen molar-refractivity contribution in [1.82, 2.24) is 10.2 Å². The predicted molar refractivity (Wildman–Crippen MR) is 94.9 cm³/mol. The van der Waals surface area contributed by atoms with Gasteiger partial charge in [-0.15, -0.1) is 0 Å². The summed E-state index contributed by atoms with van der Waals surface area (Å²) in [5, 5.41) is 13.9. The molecule has 0 amide bonds. The first-order chi connectivity index (χ1) is 11.1. The van der Waals surface area contributed by atoms with Gasteiger partial charge in [0.15, 0.2) is 0 Å². The average Bonchev–Trinajstić information content (AvgIpc) is 2.54. The Morgan fingerprint density at radius 2 is 1.87 bits per heavy atom. The number of hydrogen-bond acceptors (Lipinski definition) is 4. The molecule has 1 atom stereocenters. The lowest BCUT2D eigenvalue weighted by atomic mass is 10.0. The highest BCUT2D eigenvalue weighted by molar-refractivity contribution is 5.28. The molecule has 2 N–H and O–H groups in total. The molecule has 1 aromatic carbocycles. The van der Waals surface area contributed by atoms with Gasteiger partial charge >= 0.3 is 0 Å². The Labute approximate surface area is 140 Å². The van der Waals surface area contributed by atoms with Gasteiger partial charge in [-0.2, -0.15) is 0 Å². The van der Waals surface area contributed by atoms with Gasteiger partial charge in [0.1, 0.15) is 5.75 Å². The van der Waals surface area contributed by atoms with Crippen LogP contribution in [0.3, 0.4) is 0 Å². The predicted octanol–water partition coefficient (Wildman–Crippen LogP) is 2.97. The second kappa shape index (κ2) is 9.26. The largest absolute Gasteiger partial charge is 0.491 e. The number of nitrogens with zero attached hydrogens (tertiary/aromatic N) is 1. The van der Waals surface area contributed by atoms with Gasteiger partial charge in [0.25, 0.3) is 0 Å². The maximum atomic E-state index is 10.3. The average molecular weight is 320 g/mol. The fourth-order valence-electron chi connectivity index (χ4n) is 3.11. The fourth-order valence-corrected chi connectivity index (χ4v) is 3.11. The number of rotatable bonds is 8. The number of ether oxygens (including phenoxy) is 1. The van der Waals surface area contributed by atoms with E-state index in [4.69, 9.17) is 4.74 Å². The lowest BCUT2D eigenvalue weighted by molar-refractivity contribution is 0.151. The summed E-state index contributed by atoms with van der Waals surface area (Å²) in [6.07, 6.45) is 3.29. The van der Waals surface area contributed by atoms with E-state index < -0.39 is 6.10 Å². The van der Waals surface area contributed by atoms with Crippen molar-refractivity contribution in [3.63, 3.8) is 0 Å². The summed E-state index contributed by atoms with van der Waals surface area (Å²) < 4.78 is 5.63. The minimum atomic E-state index is -0.461. The number of aliphatic hydroxyl groups excluding tert-OH is 1. The summed E-state index contributed by atoms with van der Waals surface area (Å²) in [6.45, 7) is 10.4. The molecule has 4 heteroatoms. The summed E-state index contributed by atoms with van der Waals surface area (Å²) in [5.74, 6) is 0.854. The third kappa shape index (κ3) is 6.13. The Morgan fingerprint density at radius 1 is 1.22 bits per heavy atom. The lowest BCUT2D eigenvalue weighted by Gasteiger charge is -2.32. The SMILES string of the molecule is CCCN1CCC(NCC(O)c2ccc(OC(C)C)cc2)CC1. The van der Waals surface area contributed by atoms with Crippen molar-refractivity contribution in [1.29, 1.82) is 0 Å². The number of piperidine rings is 1. The van der Waals surface area contributed by atoms with Crippen molar-refractivity contribution in [2.75, 3.05) is 26.2 Å². The smallest absolute Gasteiger partial charge is 0.119 e. The molecular weight excluding hydrogens is 288 g/mol. The molecule has 23 heavy (non-hydrogen) atoms. The molecule has 1 fully saturated rings. The summed E-state index contributed by atoms with van der Waals surface area (Å²) in [6, 6.07) is 8.30. The van der Waals surface area contributed by atoms with Crippen molar-refractivity contribution >= 4 is 0 Å². The number of likely N-dealkylation sites (tertiary alicyclic amines) is 1. The van der Waals surface area contributed by atoms with Gasteiger partial charge in [0.2, 0.25) is 0 Å². The van der Waals surface area contributed by atoms with Crippen LogP contribution in [0.15, 0.2) is 24.3 Å². The van der Waals surface area contributed by atoms with Gasteiger partial charge in [-0.3, -0.25) is 0 Å². The number of nitrogens with one attached hydrogen (secondary N) is 1. The van der Waals surface area contributed by atoms with E-state index in [0.29, 0.717) is 12.6 Å². The van der Waals surface area contributed by atoms with Crippen LogP contribution in [-0.4, -0.2) is 48.3 Å². The van der Waals surface area contributed by atoms with E-state index in [1.807, 2.05) is 38.1 Å². The highest BCUT2D eigenvalue weighted by atomic mass is 16.5. The van der Waals surface area contributed by atoms with Crippen molar-refractivity contribution in [3.05, 3.63) is 29.8 Å². The van der Waals surface area contributed by atoms with Gasteiger partial charge in [0, 0.05) is 12.6 Å². The molecule has 2 rings (SSSR count). The second-order valence-electron chi connectivity index (χ2n) is 6.78. The van der Waals surface area contributed by atoms with Crippen LogP contribution in [0, 0.1) is 0 Å². The van der Waals surface area contributed by atoms with E-state index in [1.54, 1.807) is 0 Å². The maximum absolute atomic E-state index is 10.3. The van der Waals surface area contributed by atoms with Gasteiger partial charge in [-0.05, 0) is 70.4 Å². The number of hydrogen-bond donors (Lipinski definition) is 2. The Morgan fingerprint density at radius 3 is 2.43 bits per heavy atom. The Kier molecular flexibility index (Phi) is 7.34.